The summed E-state index contributed by atoms with van der Waals surface area (Å²) in [6.07, 6.45) is -0.313. The van der Waals surface area contributed by atoms with Gasteiger partial charge in [-0.3, -0.25) is 0 Å². The lowest BCUT2D eigenvalue weighted by Crippen LogP contribution is -2.04. The molecule has 0 saturated carbocycles. The fraction of sp³-hybridized carbons (Fsp3) is 0.312. The molecule has 0 atom stereocenters. The van der Waals surface area contributed by atoms with Crippen molar-refractivity contribution in [3.05, 3.63) is 40.9 Å². The molecule has 0 spiro atoms. The summed E-state index contributed by atoms with van der Waals surface area (Å²) in [7, 11) is 0. The smallest absolute Gasteiger partial charge is 0.352 e. The van der Waals surface area contributed by atoms with Crippen molar-refractivity contribution in [1.29, 1.82) is 0 Å². The van der Waals surface area contributed by atoms with Crippen molar-refractivity contribution < 1.29 is 13.2 Å². The van der Waals surface area contributed by atoms with Gasteiger partial charge in [0.2, 0.25) is 0 Å². The van der Waals surface area contributed by atoms with Crippen LogP contribution in [0.4, 0.5) is 13.2 Å². The van der Waals surface area contributed by atoms with Crippen molar-refractivity contribution in [1.82, 2.24) is 9.97 Å². The molecule has 23 heavy (non-hydrogen) atoms. The Kier molecular flexibility index (Phi) is 4.41. The van der Waals surface area contributed by atoms with Gasteiger partial charge in [-0.1, -0.05) is 0 Å². The standard InChI is InChI=1S/C16H16F3N3S/c17-16(18,19)10-4-5-13-12(9-10)11(3-1-2-6-20)14(22-13)15-21-7-8-23-15/h4-5,7-9,22H,1-3,6,20H2. The van der Waals surface area contributed by atoms with Gasteiger partial charge in [-0.2, -0.15) is 13.2 Å². The largest absolute Gasteiger partial charge is 0.416 e. The van der Waals surface area contributed by atoms with Crippen LogP contribution in [0.25, 0.3) is 21.6 Å². The summed E-state index contributed by atoms with van der Waals surface area (Å²) in [5.41, 5.74) is 7.29. The number of benzene rings is 1. The molecule has 3 N–H and O–H groups in total. The number of thiazole rings is 1. The predicted octanol–water partition coefficient (Wildman–Crippen LogP) is 4.59. The number of halogens is 3. The van der Waals surface area contributed by atoms with Gasteiger partial charge in [0.15, 0.2) is 0 Å². The lowest BCUT2D eigenvalue weighted by molar-refractivity contribution is -0.137. The molecule has 3 rings (SSSR count). The Hall–Kier alpha value is -1.86. The molecule has 3 aromatic rings. The maximum Gasteiger partial charge on any atom is 0.416 e. The number of hydrogen-bond donors (Lipinski definition) is 2. The number of rotatable bonds is 5. The molecular weight excluding hydrogens is 323 g/mol. The number of hydrogen-bond acceptors (Lipinski definition) is 3. The molecule has 0 aliphatic heterocycles. The number of aromatic nitrogens is 2. The van der Waals surface area contributed by atoms with Crippen LogP contribution < -0.4 is 5.73 Å². The number of H-pyrrole nitrogens is 1. The van der Waals surface area contributed by atoms with Crippen LogP contribution >= 0.6 is 11.3 Å². The van der Waals surface area contributed by atoms with Crippen LogP contribution in [-0.2, 0) is 12.6 Å². The number of nitrogens with one attached hydrogen (secondary N) is 1. The van der Waals surface area contributed by atoms with E-state index < -0.39 is 11.7 Å². The molecule has 0 amide bonds. The SMILES string of the molecule is NCCCCc1c(-c2nccs2)[nH]c2ccc(C(F)(F)F)cc12. The van der Waals surface area contributed by atoms with Crippen LogP contribution in [0, 0.1) is 0 Å². The Morgan fingerprint density at radius 3 is 2.70 bits per heavy atom. The van der Waals surface area contributed by atoms with Gasteiger partial charge in [0.05, 0.1) is 11.3 Å². The van der Waals surface area contributed by atoms with E-state index >= 15 is 0 Å². The minimum Gasteiger partial charge on any atom is -0.352 e. The van der Waals surface area contributed by atoms with E-state index in [1.54, 1.807) is 6.20 Å². The second-order valence-corrected chi connectivity index (χ2v) is 6.21. The van der Waals surface area contributed by atoms with Crippen molar-refractivity contribution >= 4 is 22.2 Å². The van der Waals surface area contributed by atoms with Crippen LogP contribution in [0.1, 0.15) is 24.0 Å². The van der Waals surface area contributed by atoms with Crippen molar-refractivity contribution in [2.75, 3.05) is 6.54 Å². The third-order valence-electron chi connectivity index (χ3n) is 3.76. The number of fused-ring (bicyclic) bond motifs is 1. The molecule has 7 heteroatoms. The van der Waals surface area contributed by atoms with E-state index in [0.717, 1.165) is 35.2 Å². The van der Waals surface area contributed by atoms with Gasteiger partial charge in [0.1, 0.15) is 5.01 Å². The van der Waals surface area contributed by atoms with E-state index in [-0.39, 0.29) is 0 Å². The van der Waals surface area contributed by atoms with E-state index in [0.29, 0.717) is 23.9 Å². The number of nitrogens with zero attached hydrogens (tertiary/aromatic N) is 1. The molecule has 1 aromatic carbocycles. The molecule has 122 valence electrons. The molecule has 0 aliphatic carbocycles. The van der Waals surface area contributed by atoms with Crippen molar-refractivity contribution in [2.24, 2.45) is 5.73 Å². The number of nitrogens with two attached hydrogens (primary N) is 1. The first kappa shape index (κ1) is 16.0. The third-order valence-corrected chi connectivity index (χ3v) is 4.55. The molecule has 0 radical (unpaired) electrons. The highest BCUT2D eigenvalue weighted by molar-refractivity contribution is 7.13. The zero-order chi connectivity index (χ0) is 16.4. The molecular formula is C16H16F3N3S. The lowest BCUT2D eigenvalue weighted by Gasteiger charge is -2.07. The van der Waals surface area contributed by atoms with Crippen LogP contribution in [0.2, 0.25) is 0 Å². The highest BCUT2D eigenvalue weighted by atomic mass is 32.1. The summed E-state index contributed by atoms with van der Waals surface area (Å²) >= 11 is 1.47. The van der Waals surface area contributed by atoms with Crippen LogP contribution in [0.3, 0.4) is 0 Å². The average molecular weight is 339 g/mol. The molecule has 0 fully saturated rings. The van der Waals surface area contributed by atoms with E-state index in [1.165, 1.54) is 23.5 Å². The molecule has 0 saturated heterocycles. The Morgan fingerprint density at radius 1 is 1.22 bits per heavy atom. The van der Waals surface area contributed by atoms with Gasteiger partial charge in [-0.15, -0.1) is 11.3 Å². The minimum atomic E-state index is -4.35. The van der Waals surface area contributed by atoms with Crippen LogP contribution in [0.15, 0.2) is 29.8 Å². The first-order valence-corrected chi connectivity index (χ1v) is 8.20. The fourth-order valence-electron chi connectivity index (χ4n) is 2.66. The van der Waals surface area contributed by atoms with E-state index in [4.69, 9.17) is 5.73 Å². The van der Waals surface area contributed by atoms with Gasteiger partial charge >= 0.3 is 6.18 Å². The molecule has 2 aromatic heterocycles. The summed E-state index contributed by atoms with van der Waals surface area (Å²) in [4.78, 5) is 7.50. The van der Waals surface area contributed by atoms with Crippen molar-refractivity contribution in [2.45, 2.75) is 25.4 Å². The maximum absolute atomic E-state index is 13.0. The Balaban J connectivity index is 2.12. The number of unbranched alkanes of at least 4 members (excludes halogenated alkanes) is 1. The fourth-order valence-corrected chi connectivity index (χ4v) is 3.32. The summed E-state index contributed by atoms with van der Waals surface area (Å²) in [5.74, 6) is 0. The van der Waals surface area contributed by atoms with Gasteiger partial charge < -0.3 is 10.7 Å². The van der Waals surface area contributed by atoms with E-state index in [2.05, 4.69) is 9.97 Å². The topological polar surface area (TPSA) is 54.7 Å². The highest BCUT2D eigenvalue weighted by Gasteiger charge is 2.31. The Bertz CT molecular complexity index is 791. The Morgan fingerprint density at radius 2 is 2.04 bits per heavy atom. The highest BCUT2D eigenvalue weighted by Crippen LogP contribution is 2.36. The molecule has 2 heterocycles. The third kappa shape index (κ3) is 3.25. The van der Waals surface area contributed by atoms with Gasteiger partial charge in [-0.25, -0.2) is 4.98 Å². The molecule has 3 nitrogen and oxygen atoms in total. The first-order valence-electron chi connectivity index (χ1n) is 7.32. The summed E-state index contributed by atoms with van der Waals surface area (Å²) in [6.45, 7) is 0.572. The number of alkyl halides is 3. The van der Waals surface area contributed by atoms with Gasteiger partial charge in [-0.05, 0) is 49.6 Å². The maximum atomic E-state index is 13.0. The second kappa shape index (κ2) is 6.33. The first-order chi connectivity index (χ1) is 11.0. The van der Waals surface area contributed by atoms with Crippen molar-refractivity contribution in [3.63, 3.8) is 0 Å². The average Bonchev–Trinajstić information content (AvgIpc) is 3.13. The van der Waals surface area contributed by atoms with E-state index in [9.17, 15) is 13.2 Å². The number of aromatic amines is 1. The zero-order valence-corrected chi connectivity index (χ0v) is 13.1. The zero-order valence-electron chi connectivity index (χ0n) is 12.3. The van der Waals surface area contributed by atoms with Crippen LogP contribution in [0.5, 0.6) is 0 Å². The minimum absolute atomic E-state index is 0.572. The summed E-state index contributed by atoms with van der Waals surface area (Å²) in [5, 5.41) is 3.26. The molecule has 0 unspecified atom stereocenters. The normalized spacial score (nSPS) is 12.2. The lowest BCUT2D eigenvalue weighted by atomic mass is 10.0. The monoisotopic (exact) mass is 339 g/mol. The second-order valence-electron chi connectivity index (χ2n) is 5.32. The number of aryl methyl sites for hydroxylation is 1. The molecule has 0 bridgehead atoms. The van der Waals surface area contributed by atoms with E-state index in [1.807, 2.05) is 5.38 Å². The van der Waals surface area contributed by atoms with Crippen molar-refractivity contribution in [3.8, 4) is 10.7 Å². The van der Waals surface area contributed by atoms with Gasteiger partial charge in [0, 0.05) is 22.5 Å². The predicted molar refractivity (Wildman–Crippen MR) is 86.4 cm³/mol. The Labute approximate surface area is 135 Å². The summed E-state index contributed by atoms with van der Waals surface area (Å²) in [6, 6.07) is 3.82. The van der Waals surface area contributed by atoms with Crippen LogP contribution in [-0.4, -0.2) is 16.5 Å². The molecule has 0 aliphatic rings. The summed E-state index contributed by atoms with van der Waals surface area (Å²) < 4.78 is 39.0. The quantitative estimate of drug-likeness (QED) is 0.668. The van der Waals surface area contributed by atoms with Gasteiger partial charge in [0.25, 0.3) is 0 Å².